The van der Waals surface area contributed by atoms with Gasteiger partial charge in [0.25, 0.3) is 5.56 Å². The molecule has 152 valence electrons. The Bertz CT molecular complexity index is 1360. The topological polar surface area (TPSA) is 73.1 Å². The maximum atomic E-state index is 14.1. The van der Waals surface area contributed by atoms with Crippen LogP contribution in [0.2, 0.25) is 0 Å². The quantitative estimate of drug-likeness (QED) is 0.465. The fourth-order valence-corrected chi connectivity index (χ4v) is 4.21. The SMILES string of the molecule is O=C(Cn1c(=O)n(Cc2ccccc2F)c(=O)c2sccc21)Nc1ccc(Br)cc1. The molecule has 0 radical (unpaired) electrons. The van der Waals surface area contributed by atoms with E-state index < -0.39 is 23.0 Å². The predicted molar refractivity (Wildman–Crippen MR) is 119 cm³/mol. The number of nitrogens with one attached hydrogen (secondary N) is 1. The first-order chi connectivity index (χ1) is 14.4. The standard InChI is InChI=1S/C21H15BrFN3O3S/c22-14-5-7-15(8-6-14)24-18(27)12-25-17-9-10-30-19(17)20(28)26(21(25)29)11-13-3-1-2-4-16(13)23/h1-10H,11-12H2,(H,24,27). The largest absolute Gasteiger partial charge is 0.332 e. The lowest BCUT2D eigenvalue weighted by atomic mass is 10.2. The Morgan fingerprint density at radius 3 is 2.50 bits per heavy atom. The van der Waals surface area contributed by atoms with Crippen molar-refractivity contribution in [2.75, 3.05) is 5.32 Å². The molecule has 2 heterocycles. The molecular formula is C21H15BrFN3O3S. The second kappa shape index (κ2) is 8.37. The van der Waals surface area contributed by atoms with Gasteiger partial charge in [0.2, 0.25) is 5.91 Å². The highest BCUT2D eigenvalue weighted by Crippen LogP contribution is 2.17. The van der Waals surface area contributed by atoms with E-state index in [0.717, 1.165) is 9.04 Å². The average molecular weight is 488 g/mol. The maximum absolute atomic E-state index is 14.1. The summed E-state index contributed by atoms with van der Waals surface area (Å²) in [6.07, 6.45) is 0. The van der Waals surface area contributed by atoms with Gasteiger partial charge in [-0.2, -0.15) is 0 Å². The molecule has 0 saturated heterocycles. The highest BCUT2D eigenvalue weighted by molar-refractivity contribution is 9.10. The van der Waals surface area contributed by atoms with E-state index in [-0.39, 0.29) is 18.7 Å². The molecule has 4 aromatic rings. The number of rotatable bonds is 5. The number of carbonyl (C=O) groups excluding carboxylic acids is 1. The second-order valence-corrected chi connectivity index (χ2v) is 8.37. The van der Waals surface area contributed by atoms with Crippen molar-refractivity contribution < 1.29 is 9.18 Å². The third-order valence-corrected chi connectivity index (χ3v) is 5.97. The number of aromatic nitrogens is 2. The molecular weight excluding hydrogens is 473 g/mol. The Kier molecular flexibility index (Phi) is 5.65. The average Bonchev–Trinajstić information content (AvgIpc) is 3.21. The molecule has 9 heteroatoms. The van der Waals surface area contributed by atoms with E-state index in [1.165, 1.54) is 34.1 Å². The number of amides is 1. The van der Waals surface area contributed by atoms with Gasteiger partial charge >= 0.3 is 5.69 Å². The van der Waals surface area contributed by atoms with Crippen molar-refractivity contribution in [2.24, 2.45) is 0 Å². The molecule has 0 saturated carbocycles. The van der Waals surface area contributed by atoms with E-state index in [2.05, 4.69) is 21.2 Å². The Hall–Kier alpha value is -3.04. The van der Waals surface area contributed by atoms with Crippen LogP contribution in [0, 0.1) is 5.82 Å². The lowest BCUT2D eigenvalue weighted by molar-refractivity contribution is -0.116. The van der Waals surface area contributed by atoms with Gasteiger partial charge in [0.05, 0.1) is 12.1 Å². The number of thiophene rings is 1. The van der Waals surface area contributed by atoms with Crippen LogP contribution in [0.15, 0.2) is 74.0 Å². The monoisotopic (exact) mass is 487 g/mol. The van der Waals surface area contributed by atoms with Gasteiger partial charge in [-0.05, 0) is 41.8 Å². The first-order valence-corrected chi connectivity index (χ1v) is 10.6. The Labute approximate surface area is 182 Å². The van der Waals surface area contributed by atoms with Crippen LogP contribution in [0.4, 0.5) is 10.1 Å². The molecule has 0 aliphatic carbocycles. The highest BCUT2D eigenvalue weighted by Gasteiger charge is 2.17. The van der Waals surface area contributed by atoms with E-state index in [1.807, 2.05) is 0 Å². The van der Waals surface area contributed by atoms with Crippen molar-refractivity contribution >= 4 is 49.1 Å². The number of benzene rings is 2. The lowest BCUT2D eigenvalue weighted by Crippen LogP contribution is -2.41. The van der Waals surface area contributed by atoms with Crippen LogP contribution in [0.25, 0.3) is 10.2 Å². The minimum atomic E-state index is -0.667. The normalized spacial score (nSPS) is 11.0. The van der Waals surface area contributed by atoms with Crippen molar-refractivity contribution in [1.29, 1.82) is 0 Å². The van der Waals surface area contributed by atoms with Gasteiger partial charge < -0.3 is 5.32 Å². The Morgan fingerprint density at radius 2 is 1.77 bits per heavy atom. The molecule has 6 nitrogen and oxygen atoms in total. The van der Waals surface area contributed by atoms with E-state index in [1.54, 1.807) is 41.8 Å². The summed E-state index contributed by atoms with van der Waals surface area (Å²) in [6.45, 7) is -0.494. The van der Waals surface area contributed by atoms with Crippen LogP contribution < -0.4 is 16.6 Å². The highest BCUT2D eigenvalue weighted by atomic mass is 79.9. The smallest absolute Gasteiger partial charge is 0.325 e. The van der Waals surface area contributed by atoms with Gasteiger partial charge in [0.1, 0.15) is 17.1 Å². The second-order valence-electron chi connectivity index (χ2n) is 6.54. The molecule has 4 rings (SSSR count). The summed E-state index contributed by atoms with van der Waals surface area (Å²) in [7, 11) is 0. The number of fused-ring (bicyclic) bond motifs is 1. The Balaban J connectivity index is 1.72. The van der Waals surface area contributed by atoms with Crippen molar-refractivity contribution in [3.05, 3.63) is 96.7 Å². The third kappa shape index (κ3) is 3.99. The van der Waals surface area contributed by atoms with Gasteiger partial charge in [-0.25, -0.2) is 9.18 Å². The van der Waals surface area contributed by atoms with Crippen molar-refractivity contribution in [2.45, 2.75) is 13.1 Å². The number of hydrogen-bond donors (Lipinski definition) is 1. The van der Waals surface area contributed by atoms with E-state index in [9.17, 15) is 18.8 Å². The number of carbonyl (C=O) groups is 1. The Morgan fingerprint density at radius 1 is 1.03 bits per heavy atom. The van der Waals surface area contributed by atoms with Gasteiger partial charge in [0, 0.05) is 15.7 Å². The molecule has 0 fully saturated rings. The zero-order valence-corrected chi connectivity index (χ0v) is 17.9. The summed E-state index contributed by atoms with van der Waals surface area (Å²) in [5.74, 6) is -0.919. The summed E-state index contributed by atoms with van der Waals surface area (Å²) in [4.78, 5) is 38.5. The van der Waals surface area contributed by atoms with Crippen molar-refractivity contribution in [1.82, 2.24) is 9.13 Å². The van der Waals surface area contributed by atoms with Crippen LogP contribution in [0.1, 0.15) is 5.56 Å². The van der Waals surface area contributed by atoms with Gasteiger partial charge in [-0.1, -0.05) is 34.1 Å². The van der Waals surface area contributed by atoms with Crippen LogP contribution in [-0.2, 0) is 17.9 Å². The zero-order chi connectivity index (χ0) is 21.3. The minimum Gasteiger partial charge on any atom is -0.325 e. The molecule has 0 aliphatic heterocycles. The zero-order valence-electron chi connectivity index (χ0n) is 15.5. The summed E-state index contributed by atoms with van der Waals surface area (Å²) in [6, 6.07) is 14.6. The molecule has 1 amide bonds. The minimum absolute atomic E-state index is 0.216. The molecule has 0 aliphatic rings. The van der Waals surface area contributed by atoms with Crippen LogP contribution in [0.3, 0.4) is 0 Å². The number of halogens is 2. The fourth-order valence-electron chi connectivity index (χ4n) is 3.10. The van der Waals surface area contributed by atoms with E-state index in [4.69, 9.17) is 0 Å². The van der Waals surface area contributed by atoms with Crippen LogP contribution in [-0.4, -0.2) is 15.0 Å². The van der Waals surface area contributed by atoms with Gasteiger partial charge in [0.15, 0.2) is 0 Å². The first-order valence-electron chi connectivity index (χ1n) is 8.93. The molecule has 0 unspecified atom stereocenters. The number of anilines is 1. The molecule has 0 bridgehead atoms. The number of nitrogens with zero attached hydrogens (tertiary/aromatic N) is 2. The molecule has 0 spiro atoms. The molecule has 30 heavy (non-hydrogen) atoms. The summed E-state index contributed by atoms with van der Waals surface area (Å²) in [5, 5.41) is 4.41. The predicted octanol–water partition coefficient (Wildman–Crippen LogP) is 3.81. The lowest BCUT2D eigenvalue weighted by Gasteiger charge is -2.13. The molecule has 2 aromatic carbocycles. The summed E-state index contributed by atoms with van der Waals surface area (Å²) >= 11 is 4.50. The molecule has 1 N–H and O–H groups in total. The van der Waals surface area contributed by atoms with Gasteiger partial charge in [-0.3, -0.25) is 18.7 Å². The van der Waals surface area contributed by atoms with E-state index >= 15 is 0 Å². The molecule has 2 aromatic heterocycles. The first kappa shape index (κ1) is 20.2. The fraction of sp³-hybridized carbons (Fsp3) is 0.0952. The van der Waals surface area contributed by atoms with E-state index in [0.29, 0.717) is 15.9 Å². The summed E-state index contributed by atoms with van der Waals surface area (Å²) < 4.78 is 17.5. The van der Waals surface area contributed by atoms with Crippen molar-refractivity contribution in [3.8, 4) is 0 Å². The van der Waals surface area contributed by atoms with Crippen LogP contribution in [0.5, 0.6) is 0 Å². The summed E-state index contributed by atoms with van der Waals surface area (Å²) in [5.41, 5.74) is 0.0135. The maximum Gasteiger partial charge on any atom is 0.332 e. The third-order valence-electron chi connectivity index (χ3n) is 4.55. The van der Waals surface area contributed by atoms with Gasteiger partial charge in [-0.15, -0.1) is 11.3 Å². The number of hydrogen-bond acceptors (Lipinski definition) is 4. The molecule has 0 atom stereocenters. The van der Waals surface area contributed by atoms with Crippen molar-refractivity contribution in [3.63, 3.8) is 0 Å². The van der Waals surface area contributed by atoms with Crippen LogP contribution >= 0.6 is 27.3 Å².